The first-order valence-electron chi connectivity index (χ1n) is 6.92. The van der Waals surface area contributed by atoms with E-state index in [4.69, 9.17) is 11.6 Å². The number of aliphatic hydroxyl groups excluding tert-OH is 1. The molecule has 0 amide bonds. The zero-order valence-electron chi connectivity index (χ0n) is 12.4. The van der Waals surface area contributed by atoms with Crippen LogP contribution in [0, 0.1) is 10.1 Å². The SMILES string of the molecule is O=[N+]([O-])c1cc(NCC(O)CCl)ccc1S(=O)(=O)c1ccccc1. The van der Waals surface area contributed by atoms with Gasteiger partial charge in [-0.2, -0.15) is 0 Å². The van der Waals surface area contributed by atoms with Gasteiger partial charge in [-0.3, -0.25) is 10.1 Å². The normalized spacial score (nSPS) is 12.6. The summed E-state index contributed by atoms with van der Waals surface area (Å²) in [7, 11) is -4.01. The summed E-state index contributed by atoms with van der Waals surface area (Å²) in [6, 6.07) is 11.2. The van der Waals surface area contributed by atoms with Crippen LogP contribution >= 0.6 is 11.6 Å². The molecule has 24 heavy (non-hydrogen) atoms. The van der Waals surface area contributed by atoms with Crippen molar-refractivity contribution in [3.63, 3.8) is 0 Å². The summed E-state index contributed by atoms with van der Waals surface area (Å²) < 4.78 is 25.2. The third-order valence-electron chi connectivity index (χ3n) is 3.22. The Labute approximate surface area is 144 Å². The minimum atomic E-state index is -4.01. The molecule has 2 rings (SSSR count). The smallest absolute Gasteiger partial charge is 0.290 e. The first kappa shape index (κ1) is 18.2. The van der Waals surface area contributed by atoms with Gasteiger partial charge in [0.15, 0.2) is 0 Å². The third kappa shape index (κ3) is 4.02. The number of anilines is 1. The second kappa shape index (κ2) is 7.61. The van der Waals surface area contributed by atoms with Gasteiger partial charge in [-0.1, -0.05) is 18.2 Å². The number of alkyl halides is 1. The predicted molar refractivity (Wildman–Crippen MR) is 90.2 cm³/mol. The van der Waals surface area contributed by atoms with Crippen molar-refractivity contribution >= 4 is 32.8 Å². The molecule has 2 N–H and O–H groups in total. The zero-order chi connectivity index (χ0) is 17.7. The van der Waals surface area contributed by atoms with Crippen LogP contribution in [0.1, 0.15) is 0 Å². The van der Waals surface area contributed by atoms with E-state index in [1.807, 2.05) is 0 Å². The van der Waals surface area contributed by atoms with Crippen molar-refractivity contribution in [2.75, 3.05) is 17.7 Å². The van der Waals surface area contributed by atoms with Crippen LogP contribution in [-0.4, -0.2) is 37.0 Å². The molecule has 0 heterocycles. The van der Waals surface area contributed by atoms with E-state index >= 15 is 0 Å². The molecule has 0 aliphatic rings. The van der Waals surface area contributed by atoms with E-state index in [9.17, 15) is 23.6 Å². The lowest BCUT2D eigenvalue weighted by Crippen LogP contribution is -2.20. The number of nitrogens with one attached hydrogen (secondary N) is 1. The number of rotatable bonds is 7. The second-order valence-electron chi connectivity index (χ2n) is 4.95. The minimum absolute atomic E-state index is 0.00949. The molecule has 128 valence electrons. The standard InChI is InChI=1S/C15H15ClN2O5S/c16-9-12(19)10-17-11-6-7-15(14(8-11)18(20)21)24(22,23)13-4-2-1-3-5-13/h1-8,12,17,19H,9-10H2. The van der Waals surface area contributed by atoms with Crippen molar-refractivity contribution in [1.82, 2.24) is 0 Å². The van der Waals surface area contributed by atoms with Crippen molar-refractivity contribution in [2.45, 2.75) is 15.9 Å². The van der Waals surface area contributed by atoms with Crippen molar-refractivity contribution < 1.29 is 18.4 Å². The Bertz CT molecular complexity index is 827. The zero-order valence-corrected chi connectivity index (χ0v) is 14.0. The lowest BCUT2D eigenvalue weighted by molar-refractivity contribution is -0.387. The number of nitro groups is 1. The molecule has 2 aromatic carbocycles. The Morgan fingerprint density at radius 3 is 2.46 bits per heavy atom. The van der Waals surface area contributed by atoms with Crippen LogP contribution in [0.15, 0.2) is 58.3 Å². The lowest BCUT2D eigenvalue weighted by Gasteiger charge is -2.11. The van der Waals surface area contributed by atoms with Gasteiger partial charge in [0.1, 0.15) is 4.90 Å². The van der Waals surface area contributed by atoms with Crippen LogP contribution in [0.3, 0.4) is 0 Å². The third-order valence-corrected chi connectivity index (χ3v) is 5.39. The molecule has 1 atom stereocenters. The highest BCUT2D eigenvalue weighted by Gasteiger charge is 2.27. The number of hydrogen-bond acceptors (Lipinski definition) is 6. The quantitative estimate of drug-likeness (QED) is 0.440. The predicted octanol–water partition coefficient (Wildman–Crippen LogP) is 2.44. The van der Waals surface area contributed by atoms with Gasteiger partial charge in [-0.15, -0.1) is 11.6 Å². The van der Waals surface area contributed by atoms with Gasteiger partial charge in [0.2, 0.25) is 9.84 Å². The molecule has 9 heteroatoms. The van der Waals surface area contributed by atoms with Crippen LogP contribution in [0.4, 0.5) is 11.4 Å². The van der Waals surface area contributed by atoms with Gasteiger partial charge in [0.05, 0.1) is 21.8 Å². The van der Waals surface area contributed by atoms with Gasteiger partial charge in [0, 0.05) is 18.3 Å². The van der Waals surface area contributed by atoms with Gasteiger partial charge in [-0.05, 0) is 24.3 Å². The molecule has 0 fully saturated rings. The van der Waals surface area contributed by atoms with E-state index in [1.54, 1.807) is 18.2 Å². The average Bonchev–Trinajstić information content (AvgIpc) is 2.60. The Kier molecular flexibility index (Phi) is 5.76. The molecule has 0 aliphatic carbocycles. The van der Waals surface area contributed by atoms with Crippen LogP contribution in [0.25, 0.3) is 0 Å². The summed E-state index contributed by atoms with van der Waals surface area (Å²) in [5.41, 5.74) is -0.220. The molecule has 0 saturated heterocycles. The van der Waals surface area contributed by atoms with Crippen LogP contribution in [-0.2, 0) is 9.84 Å². The Balaban J connectivity index is 2.42. The number of sulfone groups is 1. The Hall–Kier alpha value is -2.16. The van der Waals surface area contributed by atoms with Gasteiger partial charge < -0.3 is 10.4 Å². The molecule has 0 bridgehead atoms. The van der Waals surface area contributed by atoms with E-state index in [0.717, 1.165) is 6.07 Å². The average molecular weight is 371 g/mol. The van der Waals surface area contributed by atoms with Crippen molar-refractivity contribution in [3.05, 3.63) is 58.6 Å². The molecular formula is C15H15ClN2O5S. The van der Waals surface area contributed by atoms with Gasteiger partial charge >= 0.3 is 0 Å². The highest BCUT2D eigenvalue weighted by Crippen LogP contribution is 2.31. The molecule has 0 radical (unpaired) electrons. The summed E-state index contributed by atoms with van der Waals surface area (Å²) in [6.45, 7) is 0.0887. The fraction of sp³-hybridized carbons (Fsp3) is 0.200. The number of aliphatic hydroxyl groups is 1. The first-order valence-corrected chi connectivity index (χ1v) is 8.94. The number of benzene rings is 2. The molecule has 0 saturated carbocycles. The van der Waals surface area contributed by atoms with Gasteiger partial charge in [-0.25, -0.2) is 8.42 Å². The fourth-order valence-corrected chi connectivity index (χ4v) is 3.55. The van der Waals surface area contributed by atoms with E-state index in [0.29, 0.717) is 5.69 Å². The number of hydrogen-bond donors (Lipinski definition) is 2. The molecular weight excluding hydrogens is 356 g/mol. The maximum Gasteiger partial charge on any atom is 0.290 e. The minimum Gasteiger partial charge on any atom is -0.390 e. The molecule has 7 nitrogen and oxygen atoms in total. The fourth-order valence-electron chi connectivity index (χ4n) is 2.01. The largest absolute Gasteiger partial charge is 0.390 e. The topological polar surface area (TPSA) is 110 Å². The van der Waals surface area contributed by atoms with Crippen LogP contribution < -0.4 is 5.32 Å². The highest BCUT2D eigenvalue weighted by molar-refractivity contribution is 7.91. The molecule has 0 spiro atoms. The molecule has 2 aromatic rings. The van der Waals surface area contributed by atoms with E-state index in [1.165, 1.54) is 24.3 Å². The second-order valence-corrected chi connectivity index (χ2v) is 7.17. The number of halogens is 1. The lowest BCUT2D eigenvalue weighted by atomic mass is 10.2. The van der Waals surface area contributed by atoms with Gasteiger partial charge in [0.25, 0.3) is 5.69 Å². The summed E-state index contributed by atoms with van der Waals surface area (Å²) >= 11 is 5.48. The van der Waals surface area contributed by atoms with E-state index in [-0.39, 0.29) is 22.2 Å². The van der Waals surface area contributed by atoms with Crippen molar-refractivity contribution in [1.29, 1.82) is 0 Å². The summed E-state index contributed by atoms with van der Waals surface area (Å²) in [5.74, 6) is 0.00949. The number of nitrogens with zero attached hydrogens (tertiary/aromatic N) is 1. The van der Waals surface area contributed by atoms with Crippen molar-refractivity contribution in [2.24, 2.45) is 0 Å². The maximum absolute atomic E-state index is 12.6. The Morgan fingerprint density at radius 2 is 1.88 bits per heavy atom. The molecule has 1 unspecified atom stereocenters. The monoisotopic (exact) mass is 370 g/mol. The summed E-state index contributed by atoms with van der Waals surface area (Å²) in [6.07, 6.45) is -0.821. The summed E-state index contributed by atoms with van der Waals surface area (Å²) in [4.78, 5) is 10.1. The van der Waals surface area contributed by atoms with Crippen molar-refractivity contribution in [3.8, 4) is 0 Å². The molecule has 0 aromatic heterocycles. The highest BCUT2D eigenvalue weighted by atomic mass is 35.5. The van der Waals surface area contributed by atoms with E-state index < -0.39 is 26.6 Å². The Morgan fingerprint density at radius 1 is 1.21 bits per heavy atom. The molecule has 0 aliphatic heterocycles. The van der Waals surface area contributed by atoms with Crippen LogP contribution in [0.2, 0.25) is 0 Å². The number of nitro benzene ring substituents is 1. The van der Waals surface area contributed by atoms with Crippen LogP contribution in [0.5, 0.6) is 0 Å². The maximum atomic E-state index is 12.6. The first-order chi connectivity index (χ1) is 11.4. The van der Waals surface area contributed by atoms with E-state index in [2.05, 4.69) is 5.32 Å². The summed E-state index contributed by atoms with van der Waals surface area (Å²) in [5, 5.41) is 23.5.